The first-order chi connectivity index (χ1) is 13.7. The SMILES string of the molecule is COc1ccc(-c2noc(-c3ccc(N(C)[C@H](C)c4ccon4)nc3)n2)cc1. The highest BCUT2D eigenvalue weighted by molar-refractivity contribution is 5.61. The Balaban J connectivity index is 1.52. The summed E-state index contributed by atoms with van der Waals surface area (Å²) in [5.74, 6) is 2.50. The molecule has 0 aliphatic rings. The van der Waals surface area contributed by atoms with E-state index in [9.17, 15) is 0 Å². The molecule has 8 nitrogen and oxygen atoms in total. The molecule has 3 heterocycles. The molecule has 0 bridgehead atoms. The van der Waals surface area contributed by atoms with Gasteiger partial charge >= 0.3 is 0 Å². The first-order valence-electron chi connectivity index (χ1n) is 8.73. The van der Waals surface area contributed by atoms with Crippen molar-refractivity contribution in [2.45, 2.75) is 13.0 Å². The molecule has 142 valence electrons. The lowest BCUT2D eigenvalue weighted by Gasteiger charge is -2.24. The van der Waals surface area contributed by atoms with Crippen LogP contribution in [0.4, 0.5) is 5.82 Å². The Labute approximate surface area is 161 Å². The standard InChI is InChI=1S/C20H19N5O3/c1-13(17-10-11-27-23-17)25(2)18-9-6-15(12-21-18)20-22-19(24-28-20)14-4-7-16(26-3)8-5-14/h4-13H,1-3H3/t13-/m1/s1. The summed E-state index contributed by atoms with van der Waals surface area (Å²) in [4.78, 5) is 11.0. The minimum atomic E-state index is 0.0298. The van der Waals surface area contributed by atoms with Gasteiger partial charge in [0.25, 0.3) is 5.89 Å². The summed E-state index contributed by atoms with van der Waals surface area (Å²) in [5, 5.41) is 8.04. The predicted molar refractivity (Wildman–Crippen MR) is 103 cm³/mol. The van der Waals surface area contributed by atoms with E-state index in [2.05, 4.69) is 20.3 Å². The van der Waals surface area contributed by atoms with Gasteiger partial charge in [0.05, 0.1) is 18.7 Å². The summed E-state index contributed by atoms with van der Waals surface area (Å²) in [6.45, 7) is 2.03. The first kappa shape index (κ1) is 17.7. The van der Waals surface area contributed by atoms with E-state index < -0.39 is 0 Å². The van der Waals surface area contributed by atoms with Crippen molar-refractivity contribution in [3.8, 4) is 28.6 Å². The van der Waals surface area contributed by atoms with E-state index in [1.54, 1.807) is 19.6 Å². The van der Waals surface area contributed by atoms with Gasteiger partial charge < -0.3 is 18.7 Å². The van der Waals surface area contributed by atoms with E-state index in [1.807, 2.05) is 61.3 Å². The van der Waals surface area contributed by atoms with Crippen molar-refractivity contribution in [1.29, 1.82) is 0 Å². The summed E-state index contributed by atoms with van der Waals surface area (Å²) in [6.07, 6.45) is 3.28. The van der Waals surface area contributed by atoms with Crippen molar-refractivity contribution >= 4 is 5.82 Å². The zero-order chi connectivity index (χ0) is 19.5. The highest BCUT2D eigenvalue weighted by Crippen LogP contribution is 2.26. The third-order valence-electron chi connectivity index (χ3n) is 4.60. The maximum Gasteiger partial charge on any atom is 0.259 e. The van der Waals surface area contributed by atoms with Crippen LogP contribution in [0.5, 0.6) is 5.75 Å². The number of hydrogen-bond acceptors (Lipinski definition) is 8. The molecule has 0 saturated heterocycles. The summed E-state index contributed by atoms with van der Waals surface area (Å²) >= 11 is 0. The van der Waals surface area contributed by atoms with Crippen LogP contribution in [-0.2, 0) is 0 Å². The molecule has 0 unspecified atom stereocenters. The minimum Gasteiger partial charge on any atom is -0.497 e. The van der Waals surface area contributed by atoms with Crippen LogP contribution in [0.2, 0.25) is 0 Å². The Bertz CT molecular complexity index is 1030. The van der Waals surface area contributed by atoms with Gasteiger partial charge in [0.2, 0.25) is 5.82 Å². The monoisotopic (exact) mass is 377 g/mol. The number of nitrogens with zero attached hydrogens (tertiary/aromatic N) is 5. The number of methoxy groups -OCH3 is 1. The Hall–Kier alpha value is -3.68. The summed E-state index contributed by atoms with van der Waals surface area (Å²) < 4.78 is 15.5. The Kier molecular flexibility index (Phi) is 4.76. The molecule has 1 aromatic carbocycles. The van der Waals surface area contributed by atoms with Gasteiger partial charge in [0, 0.05) is 24.9 Å². The largest absolute Gasteiger partial charge is 0.497 e. The predicted octanol–water partition coefficient (Wildman–Crippen LogP) is 3.99. The minimum absolute atomic E-state index is 0.0298. The molecule has 0 aliphatic heterocycles. The number of anilines is 1. The lowest BCUT2D eigenvalue weighted by molar-refractivity contribution is 0.406. The van der Waals surface area contributed by atoms with Crippen LogP contribution >= 0.6 is 0 Å². The van der Waals surface area contributed by atoms with Crippen LogP contribution in [-0.4, -0.2) is 34.4 Å². The number of hydrogen-bond donors (Lipinski definition) is 0. The second-order valence-corrected chi connectivity index (χ2v) is 6.27. The van der Waals surface area contributed by atoms with E-state index in [0.717, 1.165) is 28.4 Å². The molecule has 4 aromatic rings. The number of ether oxygens (including phenoxy) is 1. The van der Waals surface area contributed by atoms with Gasteiger partial charge in [-0.2, -0.15) is 4.98 Å². The second-order valence-electron chi connectivity index (χ2n) is 6.27. The van der Waals surface area contributed by atoms with Crippen LogP contribution in [0.3, 0.4) is 0 Å². The van der Waals surface area contributed by atoms with E-state index in [4.69, 9.17) is 13.8 Å². The first-order valence-corrected chi connectivity index (χ1v) is 8.73. The molecular formula is C20H19N5O3. The lowest BCUT2D eigenvalue weighted by Crippen LogP contribution is -2.22. The van der Waals surface area contributed by atoms with Crippen LogP contribution in [0.15, 0.2) is 64.0 Å². The zero-order valence-electron chi connectivity index (χ0n) is 15.7. The van der Waals surface area contributed by atoms with Crippen LogP contribution in [0, 0.1) is 0 Å². The Morgan fingerprint density at radius 1 is 1.00 bits per heavy atom. The summed E-state index contributed by atoms with van der Waals surface area (Å²) in [5.41, 5.74) is 2.44. The van der Waals surface area contributed by atoms with Gasteiger partial charge in [-0.15, -0.1) is 0 Å². The zero-order valence-corrected chi connectivity index (χ0v) is 15.7. The third-order valence-corrected chi connectivity index (χ3v) is 4.60. The third kappa shape index (κ3) is 3.44. The molecule has 0 radical (unpaired) electrons. The lowest BCUT2D eigenvalue weighted by atomic mass is 10.2. The molecule has 28 heavy (non-hydrogen) atoms. The molecule has 0 spiro atoms. The summed E-state index contributed by atoms with van der Waals surface area (Å²) in [7, 11) is 3.58. The van der Waals surface area contributed by atoms with Crippen molar-refractivity contribution in [3.63, 3.8) is 0 Å². The fourth-order valence-corrected chi connectivity index (χ4v) is 2.75. The number of benzene rings is 1. The summed E-state index contributed by atoms with van der Waals surface area (Å²) in [6, 6.07) is 13.2. The maximum absolute atomic E-state index is 5.40. The fraction of sp³-hybridized carbons (Fsp3) is 0.200. The smallest absolute Gasteiger partial charge is 0.259 e. The van der Waals surface area contributed by atoms with Crippen molar-refractivity contribution in [1.82, 2.24) is 20.3 Å². The van der Waals surface area contributed by atoms with E-state index in [-0.39, 0.29) is 6.04 Å². The number of pyridine rings is 1. The van der Waals surface area contributed by atoms with E-state index in [1.165, 1.54) is 0 Å². The van der Waals surface area contributed by atoms with Crippen molar-refractivity contribution in [3.05, 3.63) is 60.6 Å². The van der Waals surface area contributed by atoms with Gasteiger partial charge in [-0.05, 0) is 43.3 Å². The van der Waals surface area contributed by atoms with E-state index in [0.29, 0.717) is 11.7 Å². The van der Waals surface area contributed by atoms with Crippen molar-refractivity contribution in [2.24, 2.45) is 0 Å². The maximum atomic E-state index is 5.40. The Morgan fingerprint density at radius 3 is 2.43 bits per heavy atom. The highest BCUT2D eigenvalue weighted by Gasteiger charge is 2.17. The Morgan fingerprint density at radius 2 is 1.79 bits per heavy atom. The van der Waals surface area contributed by atoms with Gasteiger partial charge in [0.15, 0.2) is 0 Å². The normalized spacial score (nSPS) is 12.0. The topological polar surface area (TPSA) is 90.3 Å². The number of rotatable bonds is 6. The molecule has 0 aliphatic carbocycles. The van der Waals surface area contributed by atoms with E-state index >= 15 is 0 Å². The molecule has 1 atom stereocenters. The second kappa shape index (κ2) is 7.51. The van der Waals surface area contributed by atoms with Gasteiger partial charge in [0.1, 0.15) is 23.5 Å². The highest BCUT2D eigenvalue weighted by atomic mass is 16.5. The van der Waals surface area contributed by atoms with Gasteiger partial charge in [-0.25, -0.2) is 4.98 Å². The molecule has 3 aromatic heterocycles. The molecule has 0 saturated carbocycles. The average Bonchev–Trinajstić information content (AvgIpc) is 3.45. The average molecular weight is 377 g/mol. The molecule has 8 heteroatoms. The van der Waals surface area contributed by atoms with Crippen molar-refractivity contribution < 1.29 is 13.8 Å². The molecule has 0 amide bonds. The quantitative estimate of drug-likeness (QED) is 0.498. The van der Waals surface area contributed by atoms with Crippen LogP contribution < -0.4 is 9.64 Å². The molecule has 4 rings (SSSR count). The molecular weight excluding hydrogens is 358 g/mol. The van der Waals surface area contributed by atoms with Crippen LogP contribution in [0.25, 0.3) is 22.8 Å². The number of aromatic nitrogens is 4. The fourth-order valence-electron chi connectivity index (χ4n) is 2.75. The van der Waals surface area contributed by atoms with Crippen LogP contribution in [0.1, 0.15) is 18.7 Å². The van der Waals surface area contributed by atoms with Gasteiger partial charge in [-0.1, -0.05) is 10.3 Å². The van der Waals surface area contributed by atoms with Crippen molar-refractivity contribution in [2.75, 3.05) is 19.1 Å². The van der Waals surface area contributed by atoms with Gasteiger partial charge in [-0.3, -0.25) is 0 Å². The molecule has 0 fully saturated rings. The molecule has 0 N–H and O–H groups in total.